The van der Waals surface area contributed by atoms with Gasteiger partial charge < -0.3 is 30.5 Å². The number of hydrogen-bond acceptors (Lipinski definition) is 9. The Kier molecular flexibility index (Phi) is 9.89. The highest BCUT2D eigenvalue weighted by Crippen LogP contribution is 2.45. The number of benzene rings is 1. The van der Waals surface area contributed by atoms with Crippen LogP contribution in [0.1, 0.15) is 41.4 Å². The predicted molar refractivity (Wildman–Crippen MR) is 121 cm³/mol. The molecule has 1 unspecified atom stereocenters. The summed E-state index contributed by atoms with van der Waals surface area (Å²) in [6.45, 7) is 4.09. The van der Waals surface area contributed by atoms with Gasteiger partial charge in [0.15, 0.2) is 6.19 Å². The molecule has 1 aliphatic carbocycles. The summed E-state index contributed by atoms with van der Waals surface area (Å²) in [5, 5.41) is 18.0. The number of amides is 1. The Bertz CT molecular complexity index is 1030. The van der Waals surface area contributed by atoms with Gasteiger partial charge in [-0.3, -0.25) is 4.79 Å². The van der Waals surface area contributed by atoms with E-state index < -0.39 is 18.0 Å². The number of carbonyl (C=O) groups excluding carboxylic acids is 1. The summed E-state index contributed by atoms with van der Waals surface area (Å²) in [6.07, 6.45) is 0.878. The minimum Gasteiger partial charge on any atom is -0.406 e. The Morgan fingerprint density at radius 1 is 1.37 bits per heavy atom. The Balaban J connectivity index is 0.000000655. The monoisotopic (exact) mass is 495 g/mol. The van der Waals surface area contributed by atoms with Gasteiger partial charge in [-0.25, -0.2) is 0 Å². The van der Waals surface area contributed by atoms with E-state index in [1.807, 2.05) is 20.3 Å². The second kappa shape index (κ2) is 12.6. The summed E-state index contributed by atoms with van der Waals surface area (Å²) in [5.74, 6) is -1.04. The lowest BCUT2D eigenvalue weighted by Gasteiger charge is -2.11. The van der Waals surface area contributed by atoms with Gasteiger partial charge in [-0.1, -0.05) is 17.8 Å². The van der Waals surface area contributed by atoms with Crippen molar-refractivity contribution in [2.45, 2.75) is 37.6 Å². The Morgan fingerprint density at radius 3 is 2.57 bits per heavy atom. The molecule has 35 heavy (non-hydrogen) atoms. The van der Waals surface area contributed by atoms with Gasteiger partial charge in [-0.05, 0) is 63.2 Å². The summed E-state index contributed by atoms with van der Waals surface area (Å²) in [5.41, 5.74) is 5.70. The lowest BCUT2D eigenvalue weighted by Crippen LogP contribution is -2.36. The molecule has 1 aliphatic heterocycles. The molecule has 2 fully saturated rings. The number of nitriles is 1. The molecule has 2 aromatic rings. The molecule has 1 atom stereocenters. The van der Waals surface area contributed by atoms with Crippen molar-refractivity contribution in [3.63, 3.8) is 0 Å². The standard InChI is InChI=1S/C18H16F3N5O3.C2H7N.C2H5N/c19-18(20,21)28-12-3-4-13(10-1-2-10)14(7-12)17-24-15(25-29-17)16(27)23-11-5-6-26(8-11)9-22;1-3-2;1-2-3/h3-4,7,10-11H,1-2,5-6,8H2,(H,23,27);3H,1-2H3;2H,1,3H2. The molecule has 13 heteroatoms. The van der Waals surface area contributed by atoms with E-state index in [1.165, 1.54) is 23.2 Å². The third kappa shape index (κ3) is 8.49. The summed E-state index contributed by atoms with van der Waals surface area (Å²) < 4.78 is 46.8. The average molecular weight is 496 g/mol. The third-order valence-electron chi connectivity index (χ3n) is 4.80. The molecule has 0 bridgehead atoms. The number of likely N-dealkylation sites (tertiary alicyclic amines) is 1. The maximum Gasteiger partial charge on any atom is 0.573 e. The zero-order valence-electron chi connectivity index (χ0n) is 19.4. The fourth-order valence-corrected chi connectivity index (χ4v) is 3.31. The van der Waals surface area contributed by atoms with E-state index in [9.17, 15) is 18.0 Å². The molecule has 2 aliphatic rings. The number of halogens is 3. The van der Waals surface area contributed by atoms with Crippen molar-refractivity contribution in [1.29, 1.82) is 5.26 Å². The van der Waals surface area contributed by atoms with Crippen LogP contribution in [0, 0.1) is 11.5 Å². The van der Waals surface area contributed by atoms with Crippen molar-refractivity contribution >= 4 is 5.91 Å². The highest BCUT2D eigenvalue weighted by Gasteiger charge is 2.33. The number of rotatable bonds is 5. The normalized spacial score (nSPS) is 16.7. The van der Waals surface area contributed by atoms with Gasteiger partial charge in [0.05, 0.1) is 0 Å². The van der Waals surface area contributed by atoms with E-state index in [1.54, 1.807) is 6.07 Å². The van der Waals surface area contributed by atoms with Crippen LogP contribution in [0.4, 0.5) is 13.2 Å². The Hall–Kier alpha value is -3.79. The number of alkyl halides is 3. The smallest absolute Gasteiger partial charge is 0.406 e. The first-order valence-electron chi connectivity index (χ1n) is 10.8. The van der Waals surface area contributed by atoms with E-state index in [0.717, 1.165) is 18.4 Å². The average Bonchev–Trinajstić information content (AvgIpc) is 3.32. The van der Waals surface area contributed by atoms with Crippen LogP contribution in [0.2, 0.25) is 0 Å². The summed E-state index contributed by atoms with van der Waals surface area (Å²) in [6, 6.07) is 3.77. The molecule has 1 aromatic carbocycles. The molecular weight excluding hydrogens is 467 g/mol. The molecular formula is C22H28F3N7O3. The maximum atomic E-state index is 12.6. The topological polar surface area (TPSA) is 142 Å². The van der Waals surface area contributed by atoms with Crippen LogP contribution < -0.4 is 21.1 Å². The number of carbonyl (C=O) groups is 1. The van der Waals surface area contributed by atoms with Gasteiger partial charge in [0.2, 0.25) is 0 Å². The Labute approximate surface area is 200 Å². The van der Waals surface area contributed by atoms with Crippen LogP contribution in [-0.2, 0) is 0 Å². The van der Waals surface area contributed by atoms with Gasteiger partial charge in [-0.2, -0.15) is 10.2 Å². The molecule has 0 radical (unpaired) electrons. The SMILES string of the molecule is C=CN.CNC.N#CN1CCC(NC(=O)c2noc(-c3cc(OC(F)(F)F)ccc3C3CC3)n2)C1. The molecule has 0 spiro atoms. The van der Waals surface area contributed by atoms with Gasteiger partial charge in [-0.15, -0.1) is 13.2 Å². The molecule has 190 valence electrons. The second-order valence-electron chi connectivity index (χ2n) is 7.74. The predicted octanol–water partition coefficient (Wildman–Crippen LogP) is 2.72. The van der Waals surface area contributed by atoms with Gasteiger partial charge in [0.1, 0.15) is 5.75 Å². The lowest BCUT2D eigenvalue weighted by molar-refractivity contribution is -0.274. The number of ether oxygens (including phenoxy) is 1. The lowest BCUT2D eigenvalue weighted by atomic mass is 10.0. The molecule has 2 heterocycles. The van der Waals surface area contributed by atoms with Crippen molar-refractivity contribution < 1.29 is 27.2 Å². The number of aromatic nitrogens is 2. The molecule has 1 saturated heterocycles. The van der Waals surface area contributed by atoms with Gasteiger partial charge in [0, 0.05) is 24.7 Å². The van der Waals surface area contributed by atoms with Crippen LogP contribution in [-0.4, -0.2) is 60.5 Å². The van der Waals surface area contributed by atoms with Crippen LogP contribution in [0.25, 0.3) is 11.5 Å². The fraction of sp³-hybridized carbons (Fsp3) is 0.455. The number of nitrogens with one attached hydrogen (secondary N) is 2. The van der Waals surface area contributed by atoms with Crippen molar-refractivity contribution in [3.05, 3.63) is 42.4 Å². The van der Waals surface area contributed by atoms with E-state index in [0.29, 0.717) is 25.1 Å². The van der Waals surface area contributed by atoms with Crippen molar-refractivity contribution in [2.75, 3.05) is 27.2 Å². The van der Waals surface area contributed by atoms with Crippen LogP contribution >= 0.6 is 0 Å². The van der Waals surface area contributed by atoms with Crippen molar-refractivity contribution in [3.8, 4) is 23.4 Å². The zero-order valence-corrected chi connectivity index (χ0v) is 19.4. The van der Waals surface area contributed by atoms with E-state index in [-0.39, 0.29) is 23.7 Å². The minimum atomic E-state index is -4.82. The molecule has 10 nitrogen and oxygen atoms in total. The third-order valence-corrected chi connectivity index (χ3v) is 4.80. The van der Waals surface area contributed by atoms with Crippen LogP contribution in [0.5, 0.6) is 5.75 Å². The second-order valence-corrected chi connectivity index (χ2v) is 7.74. The first-order chi connectivity index (χ1) is 16.6. The number of nitrogens with two attached hydrogens (primary N) is 1. The largest absolute Gasteiger partial charge is 0.573 e. The summed E-state index contributed by atoms with van der Waals surface area (Å²) in [4.78, 5) is 17.9. The fourth-order valence-electron chi connectivity index (χ4n) is 3.31. The zero-order chi connectivity index (χ0) is 26.0. The number of hydrogen-bond donors (Lipinski definition) is 3. The van der Waals surface area contributed by atoms with Gasteiger partial charge >= 0.3 is 6.36 Å². The molecule has 4 rings (SSSR count). The minimum absolute atomic E-state index is 0.0465. The van der Waals surface area contributed by atoms with E-state index >= 15 is 0 Å². The van der Waals surface area contributed by atoms with E-state index in [4.69, 9.17) is 9.78 Å². The highest BCUT2D eigenvalue weighted by atomic mass is 19.4. The summed E-state index contributed by atoms with van der Waals surface area (Å²) in [7, 11) is 3.75. The molecule has 1 saturated carbocycles. The molecule has 1 aromatic heterocycles. The number of nitrogens with zero attached hydrogens (tertiary/aromatic N) is 4. The quantitative estimate of drug-likeness (QED) is 0.534. The van der Waals surface area contributed by atoms with Crippen LogP contribution in [0.15, 0.2) is 35.5 Å². The van der Waals surface area contributed by atoms with Crippen molar-refractivity contribution in [2.24, 2.45) is 5.73 Å². The first-order valence-corrected chi connectivity index (χ1v) is 10.8. The first kappa shape index (κ1) is 27.5. The van der Waals surface area contributed by atoms with Crippen molar-refractivity contribution in [1.82, 2.24) is 25.7 Å². The molecule has 4 N–H and O–H groups in total. The molecule has 1 amide bonds. The van der Waals surface area contributed by atoms with E-state index in [2.05, 4.69) is 37.8 Å². The van der Waals surface area contributed by atoms with Gasteiger partial charge in [0.25, 0.3) is 17.6 Å². The summed E-state index contributed by atoms with van der Waals surface area (Å²) >= 11 is 0. The maximum absolute atomic E-state index is 12.6. The highest BCUT2D eigenvalue weighted by molar-refractivity contribution is 5.91. The van der Waals surface area contributed by atoms with Crippen LogP contribution in [0.3, 0.4) is 0 Å². The Morgan fingerprint density at radius 2 is 2.03 bits per heavy atom.